The first-order chi connectivity index (χ1) is 9.65. The van der Waals surface area contributed by atoms with Crippen molar-refractivity contribution >= 4 is 24.2 Å². The van der Waals surface area contributed by atoms with E-state index in [1.54, 1.807) is 0 Å². The zero-order chi connectivity index (χ0) is 14.5. The van der Waals surface area contributed by atoms with Crippen molar-refractivity contribution in [3.05, 3.63) is 47.5 Å². The first kappa shape index (κ1) is 13.8. The Hall–Kier alpha value is -2.62. The van der Waals surface area contributed by atoms with Gasteiger partial charge in [0.25, 0.3) is 0 Å². The molecule has 0 spiro atoms. The number of rotatable bonds is 5. The van der Waals surface area contributed by atoms with Crippen molar-refractivity contribution < 1.29 is 9.59 Å². The van der Waals surface area contributed by atoms with Crippen molar-refractivity contribution in [3.63, 3.8) is 0 Å². The van der Waals surface area contributed by atoms with Gasteiger partial charge in [0.1, 0.15) is 0 Å². The summed E-state index contributed by atoms with van der Waals surface area (Å²) in [6, 6.07) is 11.7. The fraction of sp³-hybridized carbons (Fsp3) is 0.125. The van der Waals surface area contributed by atoms with E-state index in [0.717, 1.165) is 33.6 Å². The van der Waals surface area contributed by atoms with Gasteiger partial charge in [-0.25, -0.2) is 0 Å². The number of aryl methyl sites for hydroxylation is 2. The molecule has 0 aromatic heterocycles. The van der Waals surface area contributed by atoms with E-state index in [1.165, 1.54) is 0 Å². The highest BCUT2D eigenvalue weighted by Gasteiger charge is 2.04. The largest absolute Gasteiger partial charge is 0.328 e. The molecule has 2 rings (SSSR count). The molecule has 0 bridgehead atoms. The summed E-state index contributed by atoms with van der Waals surface area (Å²) >= 11 is 0. The Balaban J connectivity index is 2.36. The maximum Gasteiger partial charge on any atom is 0.211 e. The van der Waals surface area contributed by atoms with E-state index in [0.29, 0.717) is 12.8 Å². The number of carbonyl (C=O) groups excluding carboxylic acids is 2. The Morgan fingerprint density at radius 2 is 1.15 bits per heavy atom. The van der Waals surface area contributed by atoms with Crippen molar-refractivity contribution in [1.29, 1.82) is 0 Å². The topological polar surface area (TPSA) is 58.2 Å². The molecule has 2 aromatic carbocycles. The minimum atomic E-state index is 0.673. The second-order valence-corrected chi connectivity index (χ2v) is 4.58. The maximum atomic E-state index is 10.5. The molecule has 0 aliphatic carbocycles. The smallest absolute Gasteiger partial charge is 0.211 e. The summed E-state index contributed by atoms with van der Waals surface area (Å²) in [5.41, 5.74) is 5.75. The molecule has 102 valence electrons. The molecule has 2 aromatic rings. The predicted molar refractivity (Wildman–Crippen MR) is 80.7 cm³/mol. The van der Waals surface area contributed by atoms with E-state index in [1.807, 2.05) is 50.2 Å². The summed E-state index contributed by atoms with van der Waals surface area (Å²) in [6.07, 6.45) is 1.35. The van der Waals surface area contributed by atoms with Gasteiger partial charge in [0.15, 0.2) is 0 Å². The fourth-order valence-electron chi connectivity index (χ4n) is 2.14. The third-order valence-electron chi connectivity index (χ3n) is 3.22. The van der Waals surface area contributed by atoms with Crippen molar-refractivity contribution in [2.75, 3.05) is 10.6 Å². The van der Waals surface area contributed by atoms with E-state index >= 15 is 0 Å². The Bertz CT molecular complexity index is 593. The van der Waals surface area contributed by atoms with Crippen LogP contribution in [0.15, 0.2) is 36.4 Å². The lowest BCUT2D eigenvalue weighted by molar-refractivity contribution is -0.106. The van der Waals surface area contributed by atoms with Crippen molar-refractivity contribution in [1.82, 2.24) is 0 Å². The molecule has 2 amide bonds. The Morgan fingerprint density at radius 1 is 0.750 bits per heavy atom. The summed E-state index contributed by atoms with van der Waals surface area (Å²) in [5.74, 6) is 0. The molecule has 0 unspecified atom stereocenters. The van der Waals surface area contributed by atoms with Gasteiger partial charge in [-0.1, -0.05) is 12.1 Å². The Labute approximate surface area is 117 Å². The maximum absolute atomic E-state index is 10.5. The molecule has 0 saturated carbocycles. The van der Waals surface area contributed by atoms with Gasteiger partial charge in [-0.05, 0) is 60.4 Å². The molecule has 20 heavy (non-hydrogen) atoms. The van der Waals surface area contributed by atoms with E-state index in [4.69, 9.17) is 0 Å². The number of carbonyl (C=O) groups is 2. The van der Waals surface area contributed by atoms with Crippen LogP contribution in [0.2, 0.25) is 0 Å². The lowest BCUT2D eigenvalue weighted by atomic mass is 10.00. The standard InChI is InChI=1S/C16H16N2O2/c1-11-7-13(3-5-15(11)17-9-19)14-4-6-16(18-10-20)12(2)8-14/h3-10H,1-2H3,(H,17,19)(H,18,20). The summed E-state index contributed by atoms with van der Waals surface area (Å²) in [7, 11) is 0. The highest BCUT2D eigenvalue weighted by Crippen LogP contribution is 2.27. The van der Waals surface area contributed by atoms with Crippen LogP contribution in [0.5, 0.6) is 0 Å². The number of hydrogen-bond acceptors (Lipinski definition) is 2. The molecule has 0 fully saturated rings. The number of nitrogens with one attached hydrogen (secondary N) is 2. The third-order valence-corrected chi connectivity index (χ3v) is 3.22. The van der Waals surface area contributed by atoms with Gasteiger partial charge in [0, 0.05) is 11.4 Å². The van der Waals surface area contributed by atoms with Gasteiger partial charge >= 0.3 is 0 Å². The minimum absolute atomic E-state index is 0.673. The van der Waals surface area contributed by atoms with Crippen LogP contribution in [0.25, 0.3) is 11.1 Å². The molecular weight excluding hydrogens is 252 g/mol. The lowest BCUT2D eigenvalue weighted by Crippen LogP contribution is -1.97. The molecule has 0 aliphatic heterocycles. The van der Waals surface area contributed by atoms with Gasteiger partial charge in [-0.3, -0.25) is 9.59 Å². The second kappa shape index (κ2) is 6.02. The van der Waals surface area contributed by atoms with E-state index < -0.39 is 0 Å². The SMILES string of the molecule is Cc1cc(-c2ccc(NC=O)c(C)c2)ccc1NC=O. The van der Waals surface area contributed by atoms with Crippen LogP contribution in [0.4, 0.5) is 11.4 Å². The average molecular weight is 268 g/mol. The molecule has 4 nitrogen and oxygen atoms in total. The monoisotopic (exact) mass is 268 g/mol. The minimum Gasteiger partial charge on any atom is -0.328 e. The van der Waals surface area contributed by atoms with Gasteiger partial charge < -0.3 is 10.6 Å². The third kappa shape index (κ3) is 2.85. The van der Waals surface area contributed by atoms with Crippen molar-refractivity contribution in [3.8, 4) is 11.1 Å². The molecule has 0 heterocycles. The van der Waals surface area contributed by atoms with Gasteiger partial charge in [-0.2, -0.15) is 0 Å². The van der Waals surface area contributed by atoms with Crippen LogP contribution >= 0.6 is 0 Å². The fourth-order valence-corrected chi connectivity index (χ4v) is 2.14. The molecule has 0 atom stereocenters. The van der Waals surface area contributed by atoms with Crippen LogP contribution in [0.1, 0.15) is 11.1 Å². The number of hydrogen-bond donors (Lipinski definition) is 2. The van der Waals surface area contributed by atoms with Crippen LogP contribution in [-0.2, 0) is 9.59 Å². The summed E-state index contributed by atoms with van der Waals surface area (Å²) in [6.45, 7) is 3.90. The van der Waals surface area contributed by atoms with Crippen LogP contribution < -0.4 is 10.6 Å². The number of amides is 2. The van der Waals surface area contributed by atoms with Crippen LogP contribution in [-0.4, -0.2) is 12.8 Å². The quantitative estimate of drug-likeness (QED) is 0.819. The molecule has 0 aliphatic rings. The summed E-state index contributed by atoms with van der Waals surface area (Å²) in [4.78, 5) is 21.0. The van der Waals surface area contributed by atoms with Crippen molar-refractivity contribution in [2.45, 2.75) is 13.8 Å². The van der Waals surface area contributed by atoms with Crippen LogP contribution in [0.3, 0.4) is 0 Å². The highest BCUT2D eigenvalue weighted by atomic mass is 16.1. The molecule has 0 saturated heterocycles. The number of benzene rings is 2. The Kier molecular flexibility index (Phi) is 4.15. The number of anilines is 2. The summed E-state index contributed by atoms with van der Waals surface area (Å²) in [5, 5.41) is 5.32. The average Bonchev–Trinajstić information content (AvgIpc) is 2.44. The molecular formula is C16H16N2O2. The van der Waals surface area contributed by atoms with Crippen LogP contribution in [0, 0.1) is 13.8 Å². The van der Waals surface area contributed by atoms with E-state index in [-0.39, 0.29) is 0 Å². The zero-order valence-electron chi connectivity index (χ0n) is 11.4. The van der Waals surface area contributed by atoms with E-state index in [2.05, 4.69) is 10.6 Å². The first-order valence-electron chi connectivity index (χ1n) is 6.27. The second-order valence-electron chi connectivity index (χ2n) is 4.58. The Morgan fingerprint density at radius 3 is 1.45 bits per heavy atom. The molecule has 4 heteroatoms. The summed E-state index contributed by atoms with van der Waals surface area (Å²) < 4.78 is 0. The van der Waals surface area contributed by atoms with Gasteiger partial charge in [0.05, 0.1) is 0 Å². The van der Waals surface area contributed by atoms with Gasteiger partial charge in [-0.15, -0.1) is 0 Å². The zero-order valence-corrected chi connectivity index (χ0v) is 11.4. The normalized spacial score (nSPS) is 9.90. The molecule has 0 radical (unpaired) electrons. The van der Waals surface area contributed by atoms with E-state index in [9.17, 15) is 9.59 Å². The predicted octanol–water partition coefficient (Wildman–Crippen LogP) is 3.11. The van der Waals surface area contributed by atoms with Crippen molar-refractivity contribution in [2.24, 2.45) is 0 Å². The van der Waals surface area contributed by atoms with Gasteiger partial charge in [0.2, 0.25) is 12.8 Å². The first-order valence-corrected chi connectivity index (χ1v) is 6.27. The highest BCUT2D eigenvalue weighted by molar-refractivity contribution is 5.79. The lowest BCUT2D eigenvalue weighted by Gasteiger charge is -2.10. The molecule has 2 N–H and O–H groups in total.